The third kappa shape index (κ3) is 1.27. The van der Waals surface area contributed by atoms with Crippen LogP contribution in [0.25, 0.3) is 0 Å². The molecule has 0 spiro atoms. The van der Waals surface area contributed by atoms with Crippen molar-refractivity contribution >= 4 is 0 Å². The molecule has 0 unspecified atom stereocenters. The molecule has 4 aliphatic rings. The molecule has 1 nitrogen and oxygen atoms in total. The smallest absolute Gasteiger partial charge is 0.849 e. The van der Waals surface area contributed by atoms with Crippen LogP contribution in [0.4, 0.5) is 0 Å². The van der Waals surface area contributed by atoms with Crippen molar-refractivity contribution in [1.82, 2.24) is 0 Å². The molecular weight excluding hydrogens is 143 g/mol. The normalized spacial score (nSPS) is 55.2. The first kappa shape index (κ1) is 9.13. The van der Waals surface area contributed by atoms with Crippen LogP contribution in [0, 0.1) is 17.8 Å². The average molecular weight is 158 g/mol. The van der Waals surface area contributed by atoms with Gasteiger partial charge in [-0.2, -0.15) is 0 Å². The average Bonchev–Trinajstić information content (AvgIpc) is 1.79. The Hall–Kier alpha value is 0.557. The van der Waals surface area contributed by atoms with Gasteiger partial charge in [0.1, 0.15) is 0 Å². The van der Waals surface area contributed by atoms with Crippen LogP contribution < -0.4 is 24.0 Å². The fraction of sp³-hybridized carbons (Fsp3) is 1.00. The van der Waals surface area contributed by atoms with Gasteiger partial charge in [-0.1, -0.05) is 19.3 Å². The van der Waals surface area contributed by atoms with Gasteiger partial charge in [0.15, 0.2) is 0 Å². The molecule has 0 aromatic rings. The van der Waals surface area contributed by atoms with E-state index < -0.39 is 5.60 Å². The van der Waals surface area contributed by atoms with Crippen LogP contribution in [0.5, 0.6) is 0 Å². The molecule has 2 heteroatoms. The predicted molar refractivity (Wildman–Crippen MR) is 40.9 cm³/mol. The van der Waals surface area contributed by atoms with Gasteiger partial charge in [-0.15, -0.1) is 5.60 Å². The minimum Gasteiger partial charge on any atom is -0.849 e. The predicted octanol–water partition coefficient (Wildman–Crippen LogP) is -1.68. The maximum Gasteiger partial charge on any atom is 1.00 e. The topological polar surface area (TPSA) is 23.1 Å². The molecule has 4 fully saturated rings. The molecule has 0 amide bonds. The maximum atomic E-state index is 12.0. The fourth-order valence-electron chi connectivity index (χ4n) is 4.03. The summed E-state index contributed by atoms with van der Waals surface area (Å²) >= 11 is 0. The summed E-state index contributed by atoms with van der Waals surface area (Å²) in [7, 11) is 0. The van der Waals surface area contributed by atoms with Gasteiger partial charge >= 0.3 is 18.9 Å². The summed E-state index contributed by atoms with van der Waals surface area (Å²) in [6.45, 7) is 0. The van der Waals surface area contributed by atoms with Crippen molar-refractivity contribution in [2.24, 2.45) is 17.8 Å². The molecule has 0 atom stereocenters. The molecular formula is C10H15LiO. The zero-order valence-electron chi connectivity index (χ0n) is 7.88. The van der Waals surface area contributed by atoms with E-state index in [4.69, 9.17) is 0 Å². The van der Waals surface area contributed by atoms with Crippen LogP contribution in [0.3, 0.4) is 0 Å². The molecule has 0 aromatic heterocycles. The van der Waals surface area contributed by atoms with Crippen molar-refractivity contribution in [1.29, 1.82) is 0 Å². The zero-order chi connectivity index (χ0) is 7.47. The number of rotatable bonds is 0. The fourth-order valence-corrected chi connectivity index (χ4v) is 4.03. The second kappa shape index (κ2) is 2.77. The molecule has 12 heavy (non-hydrogen) atoms. The second-order valence-corrected chi connectivity index (χ2v) is 5.10. The Balaban J connectivity index is 0.000000563. The van der Waals surface area contributed by atoms with Crippen LogP contribution in [0.1, 0.15) is 38.5 Å². The van der Waals surface area contributed by atoms with Crippen molar-refractivity contribution in [3.63, 3.8) is 0 Å². The van der Waals surface area contributed by atoms with E-state index >= 15 is 0 Å². The van der Waals surface area contributed by atoms with Gasteiger partial charge in [0, 0.05) is 0 Å². The third-order valence-electron chi connectivity index (χ3n) is 3.98. The maximum absolute atomic E-state index is 12.0. The second-order valence-electron chi connectivity index (χ2n) is 5.10. The Bertz CT molecular complexity index is 155. The van der Waals surface area contributed by atoms with E-state index in [0.717, 1.165) is 37.0 Å². The summed E-state index contributed by atoms with van der Waals surface area (Å²) in [5.41, 5.74) is -0.450. The third-order valence-corrected chi connectivity index (χ3v) is 3.98. The molecule has 62 valence electrons. The first-order valence-corrected chi connectivity index (χ1v) is 4.94. The Morgan fingerprint density at radius 3 is 1.42 bits per heavy atom. The molecule has 0 aromatic carbocycles. The number of hydrogen-bond acceptors (Lipinski definition) is 1. The zero-order valence-corrected chi connectivity index (χ0v) is 7.88. The van der Waals surface area contributed by atoms with Crippen LogP contribution in [-0.2, 0) is 0 Å². The van der Waals surface area contributed by atoms with E-state index in [9.17, 15) is 5.11 Å². The van der Waals surface area contributed by atoms with Crippen LogP contribution in [0.2, 0.25) is 0 Å². The van der Waals surface area contributed by atoms with E-state index in [1.54, 1.807) is 0 Å². The molecule has 4 aliphatic carbocycles. The molecule has 0 heterocycles. The van der Waals surface area contributed by atoms with Gasteiger partial charge in [0.25, 0.3) is 0 Å². The summed E-state index contributed by atoms with van der Waals surface area (Å²) in [6, 6.07) is 0. The van der Waals surface area contributed by atoms with Crippen molar-refractivity contribution in [2.75, 3.05) is 0 Å². The molecule has 0 aliphatic heterocycles. The molecule has 0 N–H and O–H groups in total. The standard InChI is InChI=1S/C10H15O.Li/c11-10-4-7-1-8(5-10)3-9(2-7)6-10;/h7-9H,1-6H2;/q-1;+1. The van der Waals surface area contributed by atoms with E-state index in [1.807, 2.05) is 0 Å². The molecule has 0 saturated heterocycles. The first-order chi connectivity index (χ1) is 5.23. The summed E-state index contributed by atoms with van der Waals surface area (Å²) < 4.78 is 0. The summed E-state index contributed by atoms with van der Waals surface area (Å²) in [6.07, 6.45) is 7.21. The quantitative estimate of drug-likeness (QED) is 0.386. The van der Waals surface area contributed by atoms with Gasteiger partial charge in [0.05, 0.1) is 0 Å². The van der Waals surface area contributed by atoms with Gasteiger partial charge in [-0.05, 0) is 37.0 Å². The van der Waals surface area contributed by atoms with Crippen molar-refractivity contribution in [2.45, 2.75) is 44.1 Å². The minimum absolute atomic E-state index is 0. The first-order valence-electron chi connectivity index (χ1n) is 4.94. The Labute approximate surface area is 86.1 Å². The SMILES string of the molecule is [Li+].[O-]C12CC3CC(CC(C3)C1)C2. The van der Waals surface area contributed by atoms with E-state index in [0.29, 0.717) is 0 Å². The van der Waals surface area contributed by atoms with Gasteiger partial charge < -0.3 is 5.11 Å². The summed E-state index contributed by atoms with van der Waals surface area (Å²) in [5, 5.41) is 12.0. The van der Waals surface area contributed by atoms with Gasteiger partial charge in [-0.3, -0.25) is 0 Å². The largest absolute Gasteiger partial charge is 1.00 e. The van der Waals surface area contributed by atoms with Crippen LogP contribution in [-0.4, -0.2) is 5.60 Å². The van der Waals surface area contributed by atoms with Gasteiger partial charge in [0.2, 0.25) is 0 Å². The van der Waals surface area contributed by atoms with E-state index in [2.05, 4.69) is 0 Å². The molecule has 4 rings (SSSR count). The molecule has 0 radical (unpaired) electrons. The monoisotopic (exact) mass is 158 g/mol. The summed E-state index contributed by atoms with van der Waals surface area (Å²) in [4.78, 5) is 0. The molecule has 4 bridgehead atoms. The van der Waals surface area contributed by atoms with Crippen molar-refractivity contribution < 1.29 is 24.0 Å². The van der Waals surface area contributed by atoms with Crippen molar-refractivity contribution in [3.8, 4) is 0 Å². The Kier molecular flexibility index (Phi) is 2.11. The Morgan fingerprint density at radius 1 is 0.833 bits per heavy atom. The van der Waals surface area contributed by atoms with Gasteiger partial charge in [-0.25, -0.2) is 0 Å². The van der Waals surface area contributed by atoms with E-state index in [-0.39, 0.29) is 18.9 Å². The minimum atomic E-state index is -0.450. The van der Waals surface area contributed by atoms with Crippen LogP contribution >= 0.6 is 0 Å². The van der Waals surface area contributed by atoms with Crippen molar-refractivity contribution in [3.05, 3.63) is 0 Å². The Morgan fingerprint density at radius 2 is 1.17 bits per heavy atom. The number of hydrogen-bond donors (Lipinski definition) is 0. The van der Waals surface area contributed by atoms with Crippen LogP contribution in [0.15, 0.2) is 0 Å². The summed E-state index contributed by atoms with van der Waals surface area (Å²) in [5.74, 6) is 2.50. The molecule has 4 saturated carbocycles. The van der Waals surface area contributed by atoms with E-state index in [1.165, 1.54) is 19.3 Å².